The molecule has 11 nitrogen and oxygen atoms in total. The molecule has 0 radical (unpaired) electrons. The number of ether oxygens (including phenoxy) is 4. The summed E-state index contributed by atoms with van der Waals surface area (Å²) in [6.45, 7) is 8.60. The van der Waals surface area contributed by atoms with E-state index < -0.39 is 18.3 Å². The van der Waals surface area contributed by atoms with Crippen LogP contribution in [0.1, 0.15) is 55.4 Å². The maximum Gasteiger partial charge on any atom is 0.412 e. The van der Waals surface area contributed by atoms with Crippen molar-refractivity contribution in [2.45, 2.75) is 60.2 Å². The number of amides is 3. The van der Waals surface area contributed by atoms with Gasteiger partial charge in [-0.3, -0.25) is 4.79 Å². The number of carbonyl (C=O) groups is 4. The maximum atomic E-state index is 12.0. The summed E-state index contributed by atoms with van der Waals surface area (Å²) in [7, 11) is 0. The Bertz CT molecular complexity index is 1100. The number of nitrogens with one attached hydrogen (secondary N) is 3. The van der Waals surface area contributed by atoms with Crippen LogP contribution in [0.5, 0.6) is 11.5 Å². The van der Waals surface area contributed by atoms with E-state index in [1.807, 2.05) is 32.9 Å². The molecular formula is C28H37N3O8. The van der Waals surface area contributed by atoms with Crippen molar-refractivity contribution in [3.05, 3.63) is 58.7 Å². The lowest BCUT2D eigenvalue weighted by molar-refractivity contribution is -0.134. The number of hydrogen-bond donors (Lipinski definition) is 3. The zero-order valence-corrected chi connectivity index (χ0v) is 22.9. The summed E-state index contributed by atoms with van der Waals surface area (Å²) < 4.78 is 20.9. The molecule has 0 aliphatic heterocycles. The fraction of sp³-hybridized carbons (Fsp3) is 0.429. The molecule has 0 aliphatic rings. The quantitative estimate of drug-likeness (QED) is 0.188. The summed E-state index contributed by atoms with van der Waals surface area (Å²) in [5, 5.41) is 7.85. The monoisotopic (exact) mass is 543 g/mol. The van der Waals surface area contributed by atoms with Crippen LogP contribution in [0.4, 0.5) is 14.4 Å². The molecule has 3 N–H and O–H groups in total. The van der Waals surface area contributed by atoms with Gasteiger partial charge >= 0.3 is 24.2 Å². The predicted molar refractivity (Wildman–Crippen MR) is 144 cm³/mol. The average Bonchev–Trinajstić information content (AvgIpc) is 2.92. The highest BCUT2D eigenvalue weighted by atomic mass is 16.6. The topological polar surface area (TPSA) is 141 Å². The third-order valence-electron chi connectivity index (χ3n) is 5.31. The fourth-order valence-corrected chi connectivity index (χ4v) is 3.36. The molecule has 0 fully saturated rings. The largest absolute Gasteiger partial charge is 0.445 e. The molecule has 2 aromatic carbocycles. The van der Waals surface area contributed by atoms with Gasteiger partial charge in [-0.05, 0) is 73.2 Å². The molecule has 0 saturated heterocycles. The Hall–Kier alpha value is -4.28. The van der Waals surface area contributed by atoms with Gasteiger partial charge in [0.15, 0.2) is 0 Å². The van der Waals surface area contributed by atoms with Crippen LogP contribution in [-0.2, 0) is 27.5 Å². The highest BCUT2D eigenvalue weighted by molar-refractivity contribution is 5.73. The number of aryl methyl sites for hydroxylation is 2. The normalized spacial score (nSPS) is 10.3. The van der Waals surface area contributed by atoms with E-state index in [0.717, 1.165) is 28.7 Å². The van der Waals surface area contributed by atoms with Crippen LogP contribution in [-0.4, -0.2) is 43.9 Å². The fourth-order valence-electron chi connectivity index (χ4n) is 3.36. The maximum absolute atomic E-state index is 12.0. The Balaban J connectivity index is 1.60. The van der Waals surface area contributed by atoms with Crippen molar-refractivity contribution in [2.24, 2.45) is 0 Å². The van der Waals surface area contributed by atoms with Gasteiger partial charge in [0.1, 0.15) is 24.7 Å². The molecule has 0 bridgehead atoms. The number of benzene rings is 2. The minimum absolute atomic E-state index is 0.0552. The molecule has 11 heteroatoms. The van der Waals surface area contributed by atoms with Crippen molar-refractivity contribution in [1.29, 1.82) is 0 Å². The van der Waals surface area contributed by atoms with Gasteiger partial charge in [-0.15, -0.1) is 0 Å². The summed E-state index contributed by atoms with van der Waals surface area (Å²) in [5.74, 6) is 0.608. The minimum atomic E-state index is -0.587. The molecule has 0 aromatic heterocycles. The van der Waals surface area contributed by atoms with E-state index in [-0.39, 0.29) is 25.6 Å². The van der Waals surface area contributed by atoms with Crippen molar-refractivity contribution in [3.8, 4) is 11.5 Å². The van der Waals surface area contributed by atoms with E-state index in [0.29, 0.717) is 37.6 Å². The van der Waals surface area contributed by atoms with Crippen LogP contribution in [0, 0.1) is 13.8 Å². The Morgan fingerprint density at radius 1 is 0.692 bits per heavy atom. The SMILES string of the molecule is CCCNC(=O)Oc1ccc(COC(=O)NCCCNC(=O)OCc2cc(C)c(OC(=O)CC)c(C)c2)cc1. The van der Waals surface area contributed by atoms with E-state index in [1.54, 1.807) is 31.2 Å². The molecule has 39 heavy (non-hydrogen) atoms. The minimum Gasteiger partial charge on any atom is -0.445 e. The first kappa shape index (κ1) is 30.9. The van der Waals surface area contributed by atoms with Gasteiger partial charge in [-0.1, -0.05) is 26.0 Å². The summed E-state index contributed by atoms with van der Waals surface area (Å²) in [6.07, 6.45) is -0.107. The van der Waals surface area contributed by atoms with E-state index in [4.69, 9.17) is 18.9 Å². The van der Waals surface area contributed by atoms with Crippen LogP contribution in [0.25, 0.3) is 0 Å². The first-order chi connectivity index (χ1) is 18.7. The Morgan fingerprint density at radius 2 is 1.23 bits per heavy atom. The van der Waals surface area contributed by atoms with Gasteiger partial charge in [0.25, 0.3) is 0 Å². The third-order valence-corrected chi connectivity index (χ3v) is 5.31. The van der Waals surface area contributed by atoms with E-state index in [1.165, 1.54) is 0 Å². The van der Waals surface area contributed by atoms with Crippen molar-refractivity contribution in [3.63, 3.8) is 0 Å². The zero-order chi connectivity index (χ0) is 28.6. The number of alkyl carbamates (subject to hydrolysis) is 2. The van der Waals surface area contributed by atoms with E-state index in [9.17, 15) is 19.2 Å². The first-order valence-electron chi connectivity index (χ1n) is 12.9. The highest BCUT2D eigenvalue weighted by Crippen LogP contribution is 2.25. The molecule has 0 heterocycles. The summed E-state index contributed by atoms with van der Waals surface area (Å²) in [5.41, 5.74) is 3.08. The van der Waals surface area contributed by atoms with Crippen molar-refractivity contribution < 1.29 is 38.1 Å². The average molecular weight is 544 g/mol. The third kappa shape index (κ3) is 11.8. The molecule has 0 saturated carbocycles. The van der Waals surface area contributed by atoms with Gasteiger partial charge in [0.2, 0.25) is 0 Å². The van der Waals surface area contributed by atoms with Crippen LogP contribution in [0.2, 0.25) is 0 Å². The van der Waals surface area contributed by atoms with Crippen LogP contribution < -0.4 is 25.4 Å². The molecule has 0 spiro atoms. The zero-order valence-electron chi connectivity index (χ0n) is 22.9. The van der Waals surface area contributed by atoms with E-state index >= 15 is 0 Å². The van der Waals surface area contributed by atoms with Gasteiger partial charge in [0.05, 0.1) is 0 Å². The molecule has 212 valence electrons. The highest BCUT2D eigenvalue weighted by Gasteiger charge is 2.12. The first-order valence-corrected chi connectivity index (χ1v) is 12.9. The second-order valence-electron chi connectivity index (χ2n) is 8.71. The summed E-state index contributed by atoms with van der Waals surface area (Å²) >= 11 is 0. The van der Waals surface area contributed by atoms with Crippen LogP contribution in [0.3, 0.4) is 0 Å². The Labute approximate surface area is 228 Å². The molecule has 2 aromatic rings. The smallest absolute Gasteiger partial charge is 0.412 e. The van der Waals surface area contributed by atoms with Crippen molar-refractivity contribution in [1.82, 2.24) is 16.0 Å². The Kier molecular flexibility index (Phi) is 13.1. The molecule has 2 rings (SSSR count). The lowest BCUT2D eigenvalue weighted by Gasteiger charge is -2.13. The van der Waals surface area contributed by atoms with Gasteiger partial charge in [0, 0.05) is 26.1 Å². The number of carbonyl (C=O) groups excluding carboxylic acids is 4. The van der Waals surface area contributed by atoms with Crippen LogP contribution in [0.15, 0.2) is 36.4 Å². The summed E-state index contributed by atoms with van der Waals surface area (Å²) in [6, 6.07) is 10.3. The number of esters is 1. The van der Waals surface area contributed by atoms with Crippen LogP contribution >= 0.6 is 0 Å². The number of rotatable bonds is 13. The van der Waals surface area contributed by atoms with Gasteiger partial charge in [-0.25, -0.2) is 14.4 Å². The number of hydrogen-bond acceptors (Lipinski definition) is 8. The lowest BCUT2D eigenvalue weighted by atomic mass is 10.1. The van der Waals surface area contributed by atoms with Gasteiger partial charge in [-0.2, -0.15) is 0 Å². The second kappa shape index (κ2) is 16.5. The lowest BCUT2D eigenvalue weighted by Crippen LogP contribution is -2.30. The predicted octanol–water partition coefficient (Wildman–Crippen LogP) is 4.66. The van der Waals surface area contributed by atoms with Crippen molar-refractivity contribution >= 4 is 24.2 Å². The molecular weight excluding hydrogens is 506 g/mol. The van der Waals surface area contributed by atoms with Gasteiger partial charge < -0.3 is 34.9 Å². The van der Waals surface area contributed by atoms with Crippen molar-refractivity contribution in [2.75, 3.05) is 19.6 Å². The molecule has 3 amide bonds. The van der Waals surface area contributed by atoms with E-state index in [2.05, 4.69) is 16.0 Å². The second-order valence-corrected chi connectivity index (χ2v) is 8.71. The Morgan fingerprint density at radius 3 is 1.77 bits per heavy atom. The molecule has 0 atom stereocenters. The molecule has 0 aliphatic carbocycles. The molecule has 0 unspecified atom stereocenters. The summed E-state index contributed by atoms with van der Waals surface area (Å²) in [4.78, 5) is 47.0. The standard InChI is InChI=1S/C28H37N3O8/c1-5-12-29-28(35)38-23-10-8-21(9-11-23)17-36-26(33)30-13-7-14-31-27(34)37-18-22-15-19(3)25(20(4)16-22)39-24(32)6-2/h8-11,15-16H,5-7,12-14,17-18H2,1-4H3,(H,29,35)(H,30,33)(H,31,34).